The highest BCUT2D eigenvalue weighted by molar-refractivity contribution is 7.80. The van der Waals surface area contributed by atoms with Gasteiger partial charge < -0.3 is 15.0 Å². The molecule has 2 N–H and O–H groups in total. The minimum atomic E-state index is -0.437. The van der Waals surface area contributed by atoms with Crippen molar-refractivity contribution in [3.63, 3.8) is 0 Å². The molecule has 0 aromatic heterocycles. The van der Waals surface area contributed by atoms with Gasteiger partial charge in [-0.1, -0.05) is 0 Å². The van der Waals surface area contributed by atoms with Crippen LogP contribution >= 0.6 is 12.2 Å². The highest BCUT2D eigenvalue weighted by Gasteiger charge is 2.53. The van der Waals surface area contributed by atoms with Gasteiger partial charge in [-0.05, 0) is 93.0 Å². The number of nitro groups is 1. The van der Waals surface area contributed by atoms with Crippen LogP contribution in [0.2, 0.25) is 0 Å². The van der Waals surface area contributed by atoms with Crippen molar-refractivity contribution >= 4 is 34.6 Å². The average molecular weight is 473 g/mol. The summed E-state index contributed by atoms with van der Waals surface area (Å²) in [4.78, 5) is 26.0. The second kappa shape index (κ2) is 8.83. The lowest BCUT2D eigenvalue weighted by Gasteiger charge is -2.59. The largest absolute Gasteiger partial charge is 0.378 e. The van der Waals surface area contributed by atoms with Crippen LogP contribution in [0.25, 0.3) is 0 Å². The molecule has 8 nitrogen and oxygen atoms in total. The molecule has 9 heteroatoms. The number of carbonyl (C=O) groups excluding carboxylic acids is 1. The summed E-state index contributed by atoms with van der Waals surface area (Å²) in [7, 11) is 0. The van der Waals surface area contributed by atoms with E-state index in [0.717, 1.165) is 17.8 Å². The van der Waals surface area contributed by atoms with Crippen LogP contribution in [0.15, 0.2) is 18.2 Å². The summed E-state index contributed by atoms with van der Waals surface area (Å²) in [6, 6.07) is 4.80. The summed E-state index contributed by atoms with van der Waals surface area (Å²) >= 11 is 5.48. The number of nitrogens with zero attached hydrogens (tertiary/aromatic N) is 2. The first-order chi connectivity index (χ1) is 15.8. The molecule has 178 valence electrons. The molecule has 4 bridgehead atoms. The van der Waals surface area contributed by atoms with E-state index in [9.17, 15) is 14.9 Å². The van der Waals surface area contributed by atoms with Gasteiger partial charge in [0.05, 0.1) is 18.1 Å². The number of benzene rings is 1. The van der Waals surface area contributed by atoms with Gasteiger partial charge in [-0.2, -0.15) is 0 Å². The lowest BCUT2D eigenvalue weighted by atomic mass is 9.48. The number of anilines is 1. The SMILES string of the molecule is C[C@H](NC(=S)NC(=O)c1ccc(N2CCOCC2)c([N+](=O)[O-])c1)C12CC3CC(CC(C3)C1)C2. The van der Waals surface area contributed by atoms with Crippen molar-refractivity contribution in [3.8, 4) is 0 Å². The van der Waals surface area contributed by atoms with E-state index >= 15 is 0 Å². The van der Waals surface area contributed by atoms with Crippen LogP contribution in [-0.4, -0.2) is 48.3 Å². The summed E-state index contributed by atoms with van der Waals surface area (Å²) in [5.74, 6) is 2.10. The van der Waals surface area contributed by atoms with Crippen molar-refractivity contribution in [3.05, 3.63) is 33.9 Å². The Labute approximate surface area is 199 Å². The van der Waals surface area contributed by atoms with Crippen molar-refractivity contribution in [1.29, 1.82) is 0 Å². The van der Waals surface area contributed by atoms with Crippen LogP contribution in [0.3, 0.4) is 0 Å². The van der Waals surface area contributed by atoms with E-state index in [1.165, 1.54) is 44.6 Å². The maximum Gasteiger partial charge on any atom is 0.293 e. The lowest BCUT2D eigenvalue weighted by Crippen LogP contribution is -2.57. The van der Waals surface area contributed by atoms with Crippen molar-refractivity contribution in [2.24, 2.45) is 23.2 Å². The summed E-state index contributed by atoms with van der Waals surface area (Å²) < 4.78 is 5.34. The number of hydrogen-bond donors (Lipinski definition) is 2. The fraction of sp³-hybridized carbons (Fsp3) is 0.667. The number of nitro benzene ring substituents is 1. The molecule has 5 aliphatic rings. The number of morpholine rings is 1. The topological polar surface area (TPSA) is 96.7 Å². The van der Waals surface area contributed by atoms with Gasteiger partial charge in [0.25, 0.3) is 11.6 Å². The van der Waals surface area contributed by atoms with Crippen molar-refractivity contribution in [1.82, 2.24) is 10.6 Å². The molecule has 33 heavy (non-hydrogen) atoms. The third-order valence-corrected chi connectivity index (χ3v) is 8.58. The molecule has 1 aliphatic heterocycles. The number of ether oxygens (including phenoxy) is 1. The van der Waals surface area contributed by atoms with E-state index < -0.39 is 10.8 Å². The van der Waals surface area contributed by atoms with Crippen molar-refractivity contribution in [2.75, 3.05) is 31.2 Å². The first kappa shape index (κ1) is 22.5. The number of amides is 1. The van der Waals surface area contributed by atoms with E-state index in [1.54, 1.807) is 12.1 Å². The van der Waals surface area contributed by atoms with Gasteiger partial charge in [-0.25, -0.2) is 0 Å². The van der Waals surface area contributed by atoms with E-state index in [-0.39, 0.29) is 22.7 Å². The Kier molecular flexibility index (Phi) is 6.03. The molecule has 1 aromatic carbocycles. The third-order valence-electron chi connectivity index (χ3n) is 8.36. The first-order valence-electron chi connectivity index (χ1n) is 12.1. The summed E-state index contributed by atoms with van der Waals surface area (Å²) in [5.41, 5.74) is 0.925. The molecule has 1 saturated heterocycles. The molecule has 0 spiro atoms. The zero-order chi connectivity index (χ0) is 23.2. The molecule has 0 radical (unpaired) electrons. The Morgan fingerprint density at radius 2 is 1.79 bits per heavy atom. The molecule has 1 heterocycles. The van der Waals surface area contributed by atoms with Gasteiger partial charge in [0.1, 0.15) is 5.69 Å². The monoisotopic (exact) mass is 472 g/mol. The standard InChI is InChI=1S/C24H32N4O4S/c1-15(24-12-16-8-17(13-24)10-18(9-16)14-24)25-23(33)26-22(29)19-2-3-20(21(11-19)28(30)31)27-4-6-32-7-5-27/h2-3,11,15-18H,4-10,12-14H2,1H3,(H2,25,26,29,33)/t15-,16?,17?,18?,24?/m0/s1. The lowest BCUT2D eigenvalue weighted by molar-refractivity contribution is -0.384. The Bertz CT molecular complexity index is 926. The maximum absolute atomic E-state index is 12.9. The number of hydrogen-bond acceptors (Lipinski definition) is 6. The van der Waals surface area contributed by atoms with Gasteiger partial charge in [-0.15, -0.1) is 0 Å². The van der Waals surface area contributed by atoms with Crippen LogP contribution in [-0.2, 0) is 4.74 Å². The summed E-state index contributed by atoms with van der Waals surface area (Å²) in [6.45, 7) is 4.42. The molecule has 1 atom stereocenters. The number of thiocarbonyl (C=S) groups is 1. The summed E-state index contributed by atoms with van der Waals surface area (Å²) in [6.07, 6.45) is 7.89. The number of carbonyl (C=O) groups is 1. The molecule has 4 saturated carbocycles. The van der Waals surface area contributed by atoms with Crippen LogP contribution in [0, 0.1) is 33.3 Å². The van der Waals surface area contributed by atoms with Crippen LogP contribution < -0.4 is 15.5 Å². The predicted molar refractivity (Wildman–Crippen MR) is 129 cm³/mol. The molecule has 6 rings (SSSR count). The highest BCUT2D eigenvalue weighted by atomic mass is 32.1. The maximum atomic E-state index is 12.9. The van der Waals surface area contributed by atoms with Gasteiger partial charge in [-0.3, -0.25) is 20.2 Å². The smallest absolute Gasteiger partial charge is 0.293 e. The molecule has 1 aromatic rings. The zero-order valence-electron chi connectivity index (χ0n) is 19.0. The number of nitrogens with one attached hydrogen (secondary N) is 2. The van der Waals surface area contributed by atoms with Crippen LogP contribution in [0.4, 0.5) is 11.4 Å². The second-order valence-corrected chi connectivity index (χ2v) is 10.9. The number of rotatable bonds is 5. The van der Waals surface area contributed by atoms with Crippen molar-refractivity contribution in [2.45, 2.75) is 51.5 Å². The molecule has 0 unspecified atom stereocenters. The molecule has 1 amide bonds. The molecular formula is C24H32N4O4S. The quantitative estimate of drug-likeness (QED) is 0.384. The van der Waals surface area contributed by atoms with E-state index in [4.69, 9.17) is 17.0 Å². The normalized spacial score (nSPS) is 31.2. The van der Waals surface area contributed by atoms with Gasteiger partial charge >= 0.3 is 0 Å². The van der Waals surface area contributed by atoms with Gasteiger partial charge in [0.15, 0.2) is 5.11 Å². The minimum Gasteiger partial charge on any atom is -0.378 e. The minimum absolute atomic E-state index is 0.0784. The van der Waals surface area contributed by atoms with Crippen LogP contribution in [0.5, 0.6) is 0 Å². The Morgan fingerprint density at radius 1 is 1.18 bits per heavy atom. The average Bonchev–Trinajstić information content (AvgIpc) is 2.78. The van der Waals surface area contributed by atoms with Crippen LogP contribution in [0.1, 0.15) is 55.8 Å². The van der Waals surface area contributed by atoms with Gasteiger partial charge in [0.2, 0.25) is 0 Å². The summed E-state index contributed by atoms with van der Waals surface area (Å²) in [5, 5.41) is 18.1. The van der Waals surface area contributed by atoms with Crippen molar-refractivity contribution < 1.29 is 14.5 Å². The second-order valence-electron chi connectivity index (χ2n) is 10.5. The Morgan fingerprint density at radius 3 is 2.36 bits per heavy atom. The molecule has 4 aliphatic carbocycles. The van der Waals surface area contributed by atoms with E-state index in [0.29, 0.717) is 37.1 Å². The molecular weight excluding hydrogens is 440 g/mol. The fourth-order valence-corrected chi connectivity index (χ4v) is 7.42. The van der Waals surface area contributed by atoms with Gasteiger partial charge in [0, 0.05) is 30.8 Å². The highest BCUT2D eigenvalue weighted by Crippen LogP contribution is 2.61. The first-order valence-corrected chi connectivity index (χ1v) is 12.5. The zero-order valence-corrected chi connectivity index (χ0v) is 19.9. The fourth-order valence-electron chi connectivity index (χ4n) is 7.15. The predicted octanol–water partition coefficient (Wildman–Crippen LogP) is 3.64. The Hall–Kier alpha value is -2.26. The molecule has 5 fully saturated rings. The van der Waals surface area contributed by atoms with E-state index in [1.807, 2.05) is 4.90 Å². The Balaban J connectivity index is 1.24. The third kappa shape index (κ3) is 4.45. The van der Waals surface area contributed by atoms with E-state index in [2.05, 4.69) is 17.6 Å².